The van der Waals surface area contributed by atoms with Crippen LogP contribution in [0.2, 0.25) is 5.02 Å². The van der Waals surface area contributed by atoms with Gasteiger partial charge in [-0.15, -0.1) is 0 Å². The van der Waals surface area contributed by atoms with Crippen molar-refractivity contribution in [2.24, 2.45) is 5.92 Å². The van der Waals surface area contributed by atoms with E-state index in [4.69, 9.17) is 11.6 Å². The van der Waals surface area contributed by atoms with Crippen LogP contribution in [0.15, 0.2) is 24.3 Å². The first-order valence-corrected chi connectivity index (χ1v) is 8.66. The normalized spacial score (nSPS) is 17.6. The summed E-state index contributed by atoms with van der Waals surface area (Å²) in [6.45, 7) is 2.70. The number of rotatable bonds is 7. The second-order valence-corrected chi connectivity index (χ2v) is 7.15. The molecule has 0 aromatic heterocycles. The summed E-state index contributed by atoms with van der Waals surface area (Å²) >= 11 is 5.88. The Labute approximate surface area is 149 Å². The van der Waals surface area contributed by atoms with Crippen molar-refractivity contribution in [1.82, 2.24) is 14.7 Å². The lowest BCUT2D eigenvalue weighted by Gasteiger charge is -2.22. The van der Waals surface area contributed by atoms with E-state index in [2.05, 4.69) is 4.90 Å². The van der Waals surface area contributed by atoms with Crippen LogP contribution in [0.4, 0.5) is 0 Å². The molecule has 1 aromatic carbocycles. The Morgan fingerprint density at radius 3 is 2.50 bits per heavy atom. The fraction of sp³-hybridized carbons (Fsp3) is 0.556. The molecule has 2 amide bonds. The third-order valence-electron chi connectivity index (χ3n) is 4.33. The zero-order valence-corrected chi connectivity index (χ0v) is 15.4. The molecule has 1 unspecified atom stereocenters. The maximum atomic E-state index is 12.5. The van der Waals surface area contributed by atoms with E-state index in [9.17, 15) is 9.59 Å². The van der Waals surface area contributed by atoms with Gasteiger partial charge in [0.05, 0.1) is 5.92 Å². The molecule has 0 aliphatic carbocycles. The van der Waals surface area contributed by atoms with Crippen LogP contribution in [0.5, 0.6) is 0 Å². The summed E-state index contributed by atoms with van der Waals surface area (Å²) < 4.78 is 0. The Balaban J connectivity index is 1.86. The van der Waals surface area contributed by atoms with Crippen molar-refractivity contribution in [3.63, 3.8) is 0 Å². The van der Waals surface area contributed by atoms with E-state index in [1.807, 2.05) is 45.4 Å². The van der Waals surface area contributed by atoms with Crippen molar-refractivity contribution in [1.29, 1.82) is 0 Å². The van der Waals surface area contributed by atoms with Gasteiger partial charge in [-0.25, -0.2) is 0 Å². The van der Waals surface area contributed by atoms with Gasteiger partial charge in [-0.1, -0.05) is 23.7 Å². The monoisotopic (exact) mass is 351 g/mol. The van der Waals surface area contributed by atoms with E-state index >= 15 is 0 Å². The number of carbonyl (C=O) groups is 2. The maximum absolute atomic E-state index is 12.5. The van der Waals surface area contributed by atoms with Crippen LogP contribution in [0.3, 0.4) is 0 Å². The van der Waals surface area contributed by atoms with Gasteiger partial charge >= 0.3 is 0 Å². The summed E-state index contributed by atoms with van der Waals surface area (Å²) in [4.78, 5) is 30.4. The highest BCUT2D eigenvalue weighted by Gasteiger charge is 2.35. The van der Waals surface area contributed by atoms with Gasteiger partial charge in [0.1, 0.15) is 0 Å². The fourth-order valence-electron chi connectivity index (χ4n) is 2.95. The molecular formula is C18H26ClN3O2. The summed E-state index contributed by atoms with van der Waals surface area (Å²) in [5, 5.41) is 0.680. The minimum Gasteiger partial charge on any atom is -0.345 e. The van der Waals surface area contributed by atoms with Crippen LogP contribution in [-0.2, 0) is 16.1 Å². The van der Waals surface area contributed by atoms with Gasteiger partial charge in [-0.3, -0.25) is 9.59 Å². The number of hydrogen-bond acceptors (Lipinski definition) is 3. The summed E-state index contributed by atoms with van der Waals surface area (Å²) in [7, 11) is 5.86. The molecule has 1 aliphatic rings. The molecule has 1 fully saturated rings. The molecular weight excluding hydrogens is 326 g/mol. The number of carbonyl (C=O) groups excluding carboxylic acids is 2. The summed E-state index contributed by atoms with van der Waals surface area (Å²) in [6, 6.07) is 7.47. The highest BCUT2D eigenvalue weighted by molar-refractivity contribution is 6.30. The quantitative estimate of drug-likeness (QED) is 0.755. The van der Waals surface area contributed by atoms with Crippen LogP contribution in [0, 0.1) is 5.92 Å². The molecule has 1 saturated heterocycles. The van der Waals surface area contributed by atoms with Gasteiger partial charge in [0.2, 0.25) is 11.8 Å². The van der Waals surface area contributed by atoms with Crippen LogP contribution < -0.4 is 0 Å². The molecule has 0 bridgehead atoms. The Bertz CT molecular complexity index is 574. The summed E-state index contributed by atoms with van der Waals surface area (Å²) in [5.41, 5.74) is 1.03. The van der Waals surface area contributed by atoms with Gasteiger partial charge in [0, 0.05) is 38.1 Å². The molecule has 1 aromatic rings. The summed E-state index contributed by atoms with van der Waals surface area (Å²) in [5.74, 6) is -0.111. The van der Waals surface area contributed by atoms with Crippen molar-refractivity contribution in [2.75, 3.05) is 40.8 Å². The molecule has 0 saturated carbocycles. The molecule has 2 rings (SSSR count). The average molecular weight is 352 g/mol. The summed E-state index contributed by atoms with van der Waals surface area (Å²) in [6.07, 6.45) is 1.24. The second kappa shape index (κ2) is 8.49. The average Bonchev–Trinajstić information content (AvgIpc) is 2.89. The molecule has 132 valence electrons. The lowest BCUT2D eigenvalue weighted by molar-refractivity contribution is -0.134. The van der Waals surface area contributed by atoms with Crippen molar-refractivity contribution >= 4 is 23.4 Å². The zero-order chi connectivity index (χ0) is 17.7. The Morgan fingerprint density at radius 2 is 1.88 bits per heavy atom. The third-order valence-corrected chi connectivity index (χ3v) is 4.58. The second-order valence-electron chi connectivity index (χ2n) is 6.72. The minimum absolute atomic E-state index is 0.0463. The first-order valence-electron chi connectivity index (χ1n) is 8.28. The molecule has 1 atom stereocenters. The molecule has 5 nitrogen and oxygen atoms in total. The van der Waals surface area contributed by atoms with E-state index in [0.717, 1.165) is 25.1 Å². The Morgan fingerprint density at radius 1 is 1.21 bits per heavy atom. The van der Waals surface area contributed by atoms with E-state index in [0.29, 0.717) is 24.5 Å². The Kier molecular flexibility index (Phi) is 6.63. The highest BCUT2D eigenvalue weighted by Crippen LogP contribution is 2.22. The number of halogens is 1. The topological polar surface area (TPSA) is 43.9 Å². The van der Waals surface area contributed by atoms with Crippen LogP contribution in [0.25, 0.3) is 0 Å². The maximum Gasteiger partial charge on any atom is 0.227 e. The van der Waals surface area contributed by atoms with E-state index in [1.54, 1.807) is 9.80 Å². The van der Waals surface area contributed by atoms with Gasteiger partial charge in [-0.2, -0.15) is 0 Å². The van der Waals surface area contributed by atoms with Gasteiger partial charge in [-0.05, 0) is 44.8 Å². The van der Waals surface area contributed by atoms with Crippen molar-refractivity contribution in [3.8, 4) is 0 Å². The van der Waals surface area contributed by atoms with Crippen LogP contribution in [0.1, 0.15) is 18.4 Å². The smallest absolute Gasteiger partial charge is 0.227 e. The van der Waals surface area contributed by atoms with Gasteiger partial charge in [0.25, 0.3) is 0 Å². The molecule has 6 heteroatoms. The van der Waals surface area contributed by atoms with Gasteiger partial charge in [0.15, 0.2) is 0 Å². The van der Waals surface area contributed by atoms with Crippen LogP contribution in [-0.4, -0.2) is 67.3 Å². The minimum atomic E-state index is -0.228. The SMILES string of the molecule is CN(C)CCCN(C)C(=O)C1CC(=O)N(Cc2ccc(Cl)cc2)C1. The molecule has 24 heavy (non-hydrogen) atoms. The Hall–Kier alpha value is -1.59. The molecule has 1 heterocycles. The van der Waals surface area contributed by atoms with E-state index in [1.165, 1.54) is 0 Å². The van der Waals surface area contributed by atoms with E-state index < -0.39 is 0 Å². The predicted octanol–water partition coefficient (Wildman–Crippen LogP) is 2.10. The number of likely N-dealkylation sites (tertiary alicyclic amines) is 1. The molecule has 0 spiro atoms. The molecule has 1 aliphatic heterocycles. The zero-order valence-electron chi connectivity index (χ0n) is 14.7. The largest absolute Gasteiger partial charge is 0.345 e. The lowest BCUT2D eigenvalue weighted by atomic mass is 10.1. The third kappa shape index (κ3) is 5.21. The van der Waals surface area contributed by atoms with Crippen molar-refractivity contribution in [3.05, 3.63) is 34.9 Å². The standard InChI is InChI=1S/C18H26ClN3O2/c1-20(2)9-4-10-21(3)18(24)15-11-17(23)22(13-15)12-14-5-7-16(19)8-6-14/h5-8,15H,4,9-13H2,1-3H3. The van der Waals surface area contributed by atoms with Crippen molar-refractivity contribution in [2.45, 2.75) is 19.4 Å². The fourth-order valence-corrected chi connectivity index (χ4v) is 3.07. The first kappa shape index (κ1) is 18.7. The number of amides is 2. The number of hydrogen-bond donors (Lipinski definition) is 0. The lowest BCUT2D eigenvalue weighted by Crippen LogP contribution is -2.36. The first-order chi connectivity index (χ1) is 11.4. The number of nitrogens with zero attached hydrogens (tertiary/aromatic N) is 3. The molecule has 0 N–H and O–H groups in total. The van der Waals surface area contributed by atoms with Crippen LogP contribution >= 0.6 is 11.6 Å². The van der Waals surface area contributed by atoms with Crippen molar-refractivity contribution < 1.29 is 9.59 Å². The number of benzene rings is 1. The van der Waals surface area contributed by atoms with Gasteiger partial charge < -0.3 is 14.7 Å². The highest BCUT2D eigenvalue weighted by atomic mass is 35.5. The van der Waals surface area contributed by atoms with E-state index in [-0.39, 0.29) is 17.7 Å². The predicted molar refractivity (Wildman–Crippen MR) is 95.8 cm³/mol. The molecule has 0 radical (unpaired) electrons.